The smallest absolute Gasteiger partial charge is 0.229 e. The van der Waals surface area contributed by atoms with Gasteiger partial charge >= 0.3 is 0 Å². The number of nitrogens with zero attached hydrogens (tertiary/aromatic N) is 3. The number of nitrogens with one attached hydrogen (secondary N) is 1. The average molecular weight is 308 g/mol. The SMILES string of the molecule is COc1cc(OC)nc(NC2CCN(C3CCOCC3)C2)n1. The number of anilines is 1. The lowest BCUT2D eigenvalue weighted by atomic mass is 10.1. The van der Waals surface area contributed by atoms with Crippen molar-refractivity contribution >= 4 is 5.95 Å². The second kappa shape index (κ2) is 7.11. The number of hydrogen-bond acceptors (Lipinski definition) is 7. The highest BCUT2D eigenvalue weighted by molar-refractivity contribution is 5.34. The van der Waals surface area contributed by atoms with Crippen molar-refractivity contribution in [1.29, 1.82) is 0 Å². The van der Waals surface area contributed by atoms with E-state index in [1.165, 1.54) is 0 Å². The van der Waals surface area contributed by atoms with Crippen LogP contribution in [0.25, 0.3) is 0 Å². The van der Waals surface area contributed by atoms with Gasteiger partial charge in [-0.3, -0.25) is 4.90 Å². The first kappa shape index (κ1) is 15.3. The quantitative estimate of drug-likeness (QED) is 0.875. The largest absolute Gasteiger partial charge is 0.481 e. The van der Waals surface area contributed by atoms with Crippen LogP contribution in [0.3, 0.4) is 0 Å². The van der Waals surface area contributed by atoms with E-state index < -0.39 is 0 Å². The van der Waals surface area contributed by atoms with Gasteiger partial charge in [-0.15, -0.1) is 0 Å². The minimum absolute atomic E-state index is 0.361. The topological polar surface area (TPSA) is 68.7 Å². The molecular formula is C15H24N4O3. The Bertz CT molecular complexity index is 471. The summed E-state index contributed by atoms with van der Waals surface area (Å²) in [7, 11) is 3.18. The molecule has 2 fully saturated rings. The Balaban J connectivity index is 1.59. The molecule has 2 aliphatic rings. The van der Waals surface area contributed by atoms with Gasteiger partial charge in [0.1, 0.15) is 0 Å². The summed E-state index contributed by atoms with van der Waals surface area (Å²) in [6.07, 6.45) is 3.37. The van der Waals surface area contributed by atoms with Crippen molar-refractivity contribution in [3.8, 4) is 11.8 Å². The lowest BCUT2D eigenvalue weighted by molar-refractivity contribution is 0.0421. The van der Waals surface area contributed by atoms with Gasteiger partial charge in [-0.1, -0.05) is 0 Å². The Hall–Kier alpha value is -1.60. The van der Waals surface area contributed by atoms with Crippen molar-refractivity contribution in [1.82, 2.24) is 14.9 Å². The van der Waals surface area contributed by atoms with Gasteiger partial charge in [0, 0.05) is 38.4 Å². The molecule has 22 heavy (non-hydrogen) atoms. The first-order chi connectivity index (χ1) is 10.8. The van der Waals surface area contributed by atoms with E-state index >= 15 is 0 Å². The minimum atomic E-state index is 0.361. The number of ether oxygens (including phenoxy) is 3. The van der Waals surface area contributed by atoms with Crippen molar-refractivity contribution < 1.29 is 14.2 Å². The maximum absolute atomic E-state index is 5.44. The molecule has 0 aliphatic carbocycles. The van der Waals surface area contributed by atoms with Crippen LogP contribution < -0.4 is 14.8 Å². The molecule has 2 aliphatic heterocycles. The Morgan fingerprint density at radius 1 is 1.14 bits per heavy atom. The predicted molar refractivity (Wildman–Crippen MR) is 82.6 cm³/mol. The summed E-state index contributed by atoms with van der Waals surface area (Å²) < 4.78 is 15.8. The summed E-state index contributed by atoms with van der Waals surface area (Å²) in [6.45, 7) is 3.90. The second-order valence-electron chi connectivity index (χ2n) is 5.74. The molecular weight excluding hydrogens is 284 g/mol. The molecule has 7 heteroatoms. The zero-order chi connectivity index (χ0) is 15.4. The number of likely N-dealkylation sites (tertiary alicyclic amines) is 1. The molecule has 0 spiro atoms. The molecule has 3 rings (SSSR count). The summed E-state index contributed by atoms with van der Waals surface area (Å²) in [4.78, 5) is 11.2. The van der Waals surface area contributed by atoms with Crippen LogP contribution in [0.15, 0.2) is 6.07 Å². The lowest BCUT2D eigenvalue weighted by Crippen LogP contribution is -2.39. The fourth-order valence-corrected chi connectivity index (χ4v) is 3.15. The molecule has 3 heterocycles. The van der Waals surface area contributed by atoms with Crippen LogP contribution in [0.4, 0.5) is 5.95 Å². The predicted octanol–water partition coefficient (Wildman–Crippen LogP) is 1.16. The van der Waals surface area contributed by atoms with Gasteiger partial charge in [0.15, 0.2) is 0 Å². The van der Waals surface area contributed by atoms with Crippen LogP contribution >= 0.6 is 0 Å². The summed E-state index contributed by atoms with van der Waals surface area (Å²) in [6, 6.07) is 2.69. The van der Waals surface area contributed by atoms with E-state index in [0.717, 1.165) is 45.6 Å². The molecule has 1 aromatic rings. The number of methoxy groups -OCH3 is 2. The maximum atomic E-state index is 5.44. The molecule has 0 bridgehead atoms. The van der Waals surface area contributed by atoms with E-state index in [-0.39, 0.29) is 0 Å². The number of aromatic nitrogens is 2. The van der Waals surface area contributed by atoms with Crippen LogP contribution in [0, 0.1) is 0 Å². The summed E-state index contributed by atoms with van der Waals surface area (Å²) >= 11 is 0. The minimum Gasteiger partial charge on any atom is -0.481 e. The molecule has 0 aromatic carbocycles. The zero-order valence-corrected chi connectivity index (χ0v) is 13.2. The van der Waals surface area contributed by atoms with Crippen molar-refractivity contribution in [3.05, 3.63) is 6.07 Å². The fraction of sp³-hybridized carbons (Fsp3) is 0.733. The second-order valence-corrected chi connectivity index (χ2v) is 5.74. The van der Waals surface area contributed by atoms with Gasteiger partial charge in [0.2, 0.25) is 17.7 Å². The van der Waals surface area contributed by atoms with E-state index in [4.69, 9.17) is 14.2 Å². The van der Waals surface area contributed by atoms with E-state index in [2.05, 4.69) is 20.2 Å². The molecule has 122 valence electrons. The summed E-state index contributed by atoms with van der Waals surface area (Å²) in [5.74, 6) is 1.58. The molecule has 0 amide bonds. The molecule has 7 nitrogen and oxygen atoms in total. The van der Waals surface area contributed by atoms with Crippen molar-refractivity contribution in [2.45, 2.75) is 31.3 Å². The summed E-state index contributed by atoms with van der Waals surface area (Å²) in [5.41, 5.74) is 0. The Morgan fingerprint density at radius 3 is 2.45 bits per heavy atom. The normalized spacial score (nSPS) is 23.5. The highest BCUT2D eigenvalue weighted by Crippen LogP contribution is 2.23. The molecule has 1 atom stereocenters. The van der Waals surface area contributed by atoms with Crippen LogP contribution in [-0.4, -0.2) is 67.5 Å². The van der Waals surface area contributed by atoms with Crippen LogP contribution in [0.1, 0.15) is 19.3 Å². The molecule has 1 N–H and O–H groups in total. The number of hydrogen-bond donors (Lipinski definition) is 1. The van der Waals surface area contributed by atoms with Gasteiger partial charge in [-0.05, 0) is 19.3 Å². The zero-order valence-electron chi connectivity index (χ0n) is 13.2. The van der Waals surface area contributed by atoms with Crippen molar-refractivity contribution in [2.75, 3.05) is 45.8 Å². The molecule has 1 aromatic heterocycles. The fourth-order valence-electron chi connectivity index (χ4n) is 3.15. The van der Waals surface area contributed by atoms with E-state index in [1.54, 1.807) is 20.3 Å². The van der Waals surface area contributed by atoms with Gasteiger partial charge in [-0.2, -0.15) is 9.97 Å². The maximum Gasteiger partial charge on any atom is 0.229 e. The van der Waals surface area contributed by atoms with Crippen molar-refractivity contribution in [3.63, 3.8) is 0 Å². The molecule has 0 radical (unpaired) electrons. The highest BCUT2D eigenvalue weighted by atomic mass is 16.5. The monoisotopic (exact) mass is 308 g/mol. The van der Waals surface area contributed by atoms with Gasteiger partial charge in [0.05, 0.1) is 20.3 Å². The Morgan fingerprint density at radius 2 is 1.82 bits per heavy atom. The van der Waals surface area contributed by atoms with Crippen LogP contribution in [0.2, 0.25) is 0 Å². The molecule has 1 unspecified atom stereocenters. The lowest BCUT2D eigenvalue weighted by Gasteiger charge is -2.31. The van der Waals surface area contributed by atoms with E-state index in [9.17, 15) is 0 Å². The Kier molecular flexibility index (Phi) is 4.94. The highest BCUT2D eigenvalue weighted by Gasteiger charge is 2.29. The number of rotatable bonds is 5. The first-order valence-electron chi connectivity index (χ1n) is 7.84. The molecule has 2 saturated heterocycles. The summed E-state index contributed by atoms with van der Waals surface area (Å²) in [5, 5.41) is 3.40. The third-order valence-corrected chi connectivity index (χ3v) is 4.36. The van der Waals surface area contributed by atoms with Crippen LogP contribution in [-0.2, 0) is 4.74 Å². The Labute approximate surface area is 131 Å². The van der Waals surface area contributed by atoms with E-state index in [0.29, 0.717) is 29.8 Å². The van der Waals surface area contributed by atoms with Crippen LogP contribution in [0.5, 0.6) is 11.8 Å². The molecule has 0 saturated carbocycles. The third-order valence-electron chi connectivity index (χ3n) is 4.36. The van der Waals surface area contributed by atoms with Gasteiger partial charge in [0.25, 0.3) is 0 Å². The van der Waals surface area contributed by atoms with Crippen molar-refractivity contribution in [2.24, 2.45) is 0 Å². The third kappa shape index (κ3) is 3.59. The average Bonchev–Trinajstić information content (AvgIpc) is 3.03. The van der Waals surface area contributed by atoms with Gasteiger partial charge in [-0.25, -0.2) is 0 Å². The standard InChI is InChI=1S/C15H24N4O3/c1-20-13-9-14(21-2)18-15(17-13)16-11-3-6-19(10-11)12-4-7-22-8-5-12/h9,11-12H,3-8,10H2,1-2H3,(H,16,17,18). The van der Waals surface area contributed by atoms with Gasteiger partial charge < -0.3 is 19.5 Å². The first-order valence-corrected chi connectivity index (χ1v) is 7.84. The van der Waals surface area contributed by atoms with E-state index in [1.807, 2.05) is 0 Å².